The van der Waals surface area contributed by atoms with Gasteiger partial charge < -0.3 is 14.8 Å². The third-order valence-corrected chi connectivity index (χ3v) is 3.69. The maximum atomic E-state index is 12.9. The van der Waals surface area contributed by atoms with Gasteiger partial charge in [0.25, 0.3) is 5.91 Å². The van der Waals surface area contributed by atoms with Crippen LogP contribution in [0.4, 0.5) is 4.39 Å². The number of halogens is 1. The Hall–Kier alpha value is -2.89. The number of esters is 1. The minimum absolute atomic E-state index is 0.203. The summed E-state index contributed by atoms with van der Waals surface area (Å²) in [4.78, 5) is 24.2. The van der Waals surface area contributed by atoms with Crippen molar-refractivity contribution in [3.05, 3.63) is 66.0 Å². The predicted octanol–water partition coefficient (Wildman–Crippen LogP) is 3.40. The van der Waals surface area contributed by atoms with Crippen molar-refractivity contribution in [2.24, 2.45) is 0 Å². The van der Waals surface area contributed by atoms with Crippen LogP contribution in [-0.2, 0) is 14.3 Å². The Morgan fingerprint density at radius 2 is 1.69 bits per heavy atom. The highest BCUT2D eigenvalue weighted by atomic mass is 19.1. The Morgan fingerprint density at radius 3 is 2.31 bits per heavy atom. The van der Waals surface area contributed by atoms with Gasteiger partial charge in [-0.25, -0.2) is 9.18 Å². The molecule has 0 aliphatic carbocycles. The molecule has 26 heavy (non-hydrogen) atoms. The van der Waals surface area contributed by atoms with E-state index in [1.54, 1.807) is 0 Å². The summed E-state index contributed by atoms with van der Waals surface area (Å²) in [5.74, 6) is -1.17. The van der Waals surface area contributed by atoms with E-state index in [4.69, 9.17) is 9.47 Å². The zero-order valence-corrected chi connectivity index (χ0v) is 15.0. The van der Waals surface area contributed by atoms with Crippen molar-refractivity contribution in [3.63, 3.8) is 0 Å². The average Bonchev–Trinajstić information content (AvgIpc) is 2.62. The average molecular weight is 359 g/mol. The molecule has 0 unspecified atom stereocenters. The Bertz CT molecular complexity index is 744. The molecule has 0 radical (unpaired) electrons. The van der Waals surface area contributed by atoms with Crippen LogP contribution in [0.2, 0.25) is 0 Å². The molecule has 0 fully saturated rings. The maximum Gasteiger partial charge on any atom is 0.350 e. The number of carbonyl (C=O) groups is 2. The first kappa shape index (κ1) is 19.4. The molecule has 2 rings (SSSR count). The minimum Gasteiger partial charge on any atom is -0.476 e. The Morgan fingerprint density at radius 1 is 1.08 bits per heavy atom. The Kier molecular flexibility index (Phi) is 6.33. The number of hydrogen-bond acceptors (Lipinski definition) is 4. The van der Waals surface area contributed by atoms with Crippen LogP contribution in [0.3, 0.4) is 0 Å². The van der Waals surface area contributed by atoms with Gasteiger partial charge in [0, 0.05) is 0 Å². The van der Waals surface area contributed by atoms with Crippen LogP contribution in [0.5, 0.6) is 5.75 Å². The molecule has 2 aromatic rings. The molecule has 6 heteroatoms. The molecule has 0 aliphatic rings. The molecule has 5 nitrogen and oxygen atoms in total. The molecule has 0 saturated heterocycles. The van der Waals surface area contributed by atoms with E-state index in [2.05, 4.69) is 5.32 Å². The van der Waals surface area contributed by atoms with Gasteiger partial charge in [0.1, 0.15) is 11.6 Å². The monoisotopic (exact) mass is 359 g/mol. The van der Waals surface area contributed by atoms with Gasteiger partial charge in [-0.1, -0.05) is 30.3 Å². The standard InChI is InChI=1S/C20H22FNO4/c1-14(15-7-5-4-6-8-15)22-18(23)13-25-19(24)20(2,3)26-17-11-9-16(21)10-12-17/h4-12,14H,13H2,1-3H3,(H,22,23)/t14-/m0/s1. The molecule has 1 amide bonds. The lowest BCUT2D eigenvalue weighted by Gasteiger charge is -2.24. The van der Waals surface area contributed by atoms with Gasteiger partial charge in [-0.3, -0.25) is 4.79 Å². The van der Waals surface area contributed by atoms with Gasteiger partial charge >= 0.3 is 5.97 Å². The molecule has 0 bridgehead atoms. The van der Waals surface area contributed by atoms with E-state index < -0.39 is 29.9 Å². The highest BCUT2D eigenvalue weighted by Crippen LogP contribution is 2.20. The van der Waals surface area contributed by atoms with Crippen molar-refractivity contribution in [3.8, 4) is 5.75 Å². The second-order valence-electron chi connectivity index (χ2n) is 6.34. The molecule has 1 atom stereocenters. The molecule has 0 aliphatic heterocycles. The number of benzene rings is 2. The van der Waals surface area contributed by atoms with Crippen molar-refractivity contribution < 1.29 is 23.5 Å². The number of nitrogens with one attached hydrogen (secondary N) is 1. The number of hydrogen-bond donors (Lipinski definition) is 1. The molecule has 0 saturated carbocycles. The van der Waals surface area contributed by atoms with E-state index in [1.165, 1.54) is 38.1 Å². The largest absolute Gasteiger partial charge is 0.476 e. The molecular formula is C20H22FNO4. The fraction of sp³-hybridized carbons (Fsp3) is 0.300. The first-order chi connectivity index (χ1) is 12.3. The minimum atomic E-state index is -1.32. The summed E-state index contributed by atoms with van der Waals surface area (Å²) < 4.78 is 23.5. The lowest BCUT2D eigenvalue weighted by molar-refractivity contribution is -0.162. The van der Waals surface area contributed by atoms with E-state index in [9.17, 15) is 14.0 Å². The second kappa shape index (κ2) is 8.47. The number of carbonyl (C=O) groups excluding carboxylic acids is 2. The van der Waals surface area contributed by atoms with Crippen molar-refractivity contribution in [2.75, 3.05) is 6.61 Å². The fourth-order valence-electron chi connectivity index (χ4n) is 2.25. The van der Waals surface area contributed by atoms with Crippen molar-refractivity contribution >= 4 is 11.9 Å². The van der Waals surface area contributed by atoms with Gasteiger partial charge in [-0.15, -0.1) is 0 Å². The fourth-order valence-corrected chi connectivity index (χ4v) is 2.25. The normalized spacial score (nSPS) is 12.2. The summed E-state index contributed by atoms with van der Waals surface area (Å²) in [5, 5.41) is 2.76. The van der Waals surface area contributed by atoms with Crippen molar-refractivity contribution in [1.82, 2.24) is 5.32 Å². The van der Waals surface area contributed by atoms with Gasteiger partial charge in [-0.05, 0) is 50.6 Å². The summed E-state index contributed by atoms with van der Waals surface area (Å²) in [6.45, 7) is 4.47. The quantitative estimate of drug-likeness (QED) is 0.770. The van der Waals surface area contributed by atoms with Crippen LogP contribution in [0.1, 0.15) is 32.4 Å². The summed E-state index contributed by atoms with van der Waals surface area (Å²) in [6.07, 6.45) is 0. The van der Waals surface area contributed by atoms with Gasteiger partial charge in [0.05, 0.1) is 6.04 Å². The third-order valence-electron chi connectivity index (χ3n) is 3.69. The lowest BCUT2D eigenvalue weighted by Crippen LogP contribution is -2.41. The van der Waals surface area contributed by atoms with E-state index in [1.807, 2.05) is 37.3 Å². The number of amides is 1. The molecule has 0 aromatic heterocycles. The maximum absolute atomic E-state index is 12.9. The van der Waals surface area contributed by atoms with Crippen molar-refractivity contribution in [2.45, 2.75) is 32.4 Å². The van der Waals surface area contributed by atoms with Crippen LogP contribution >= 0.6 is 0 Å². The number of ether oxygens (including phenoxy) is 2. The molecule has 1 N–H and O–H groups in total. The first-order valence-electron chi connectivity index (χ1n) is 8.24. The van der Waals surface area contributed by atoms with Crippen LogP contribution < -0.4 is 10.1 Å². The Balaban J connectivity index is 1.84. The third kappa shape index (κ3) is 5.58. The predicted molar refractivity (Wildman–Crippen MR) is 95.1 cm³/mol. The van der Waals surface area contributed by atoms with Crippen molar-refractivity contribution in [1.29, 1.82) is 0 Å². The highest BCUT2D eigenvalue weighted by Gasteiger charge is 2.32. The summed E-state index contributed by atoms with van der Waals surface area (Å²) in [5.41, 5.74) is -0.365. The zero-order valence-electron chi connectivity index (χ0n) is 15.0. The van der Waals surface area contributed by atoms with Crippen LogP contribution in [0.15, 0.2) is 54.6 Å². The molecule has 0 heterocycles. The highest BCUT2D eigenvalue weighted by molar-refractivity contribution is 5.84. The van der Waals surface area contributed by atoms with E-state index in [-0.39, 0.29) is 6.04 Å². The van der Waals surface area contributed by atoms with Crippen LogP contribution in [0, 0.1) is 5.82 Å². The molecule has 138 valence electrons. The molecule has 0 spiro atoms. The lowest BCUT2D eigenvalue weighted by atomic mass is 10.1. The second-order valence-corrected chi connectivity index (χ2v) is 6.34. The Labute approximate surface area is 152 Å². The smallest absolute Gasteiger partial charge is 0.350 e. The van der Waals surface area contributed by atoms with E-state index in [0.717, 1.165) is 5.56 Å². The van der Waals surface area contributed by atoms with Crippen LogP contribution in [0.25, 0.3) is 0 Å². The summed E-state index contributed by atoms with van der Waals surface area (Å²) >= 11 is 0. The van der Waals surface area contributed by atoms with Crippen LogP contribution in [-0.4, -0.2) is 24.1 Å². The van der Waals surface area contributed by atoms with Gasteiger partial charge in [-0.2, -0.15) is 0 Å². The number of rotatable bonds is 7. The van der Waals surface area contributed by atoms with Gasteiger partial charge in [0.2, 0.25) is 0 Å². The van der Waals surface area contributed by atoms with E-state index >= 15 is 0 Å². The molecule has 2 aromatic carbocycles. The topological polar surface area (TPSA) is 64.6 Å². The SMILES string of the molecule is C[C@H](NC(=O)COC(=O)C(C)(C)Oc1ccc(F)cc1)c1ccccc1. The zero-order chi connectivity index (χ0) is 19.2. The van der Waals surface area contributed by atoms with Gasteiger partial charge in [0.15, 0.2) is 12.2 Å². The van der Waals surface area contributed by atoms with E-state index in [0.29, 0.717) is 5.75 Å². The summed E-state index contributed by atoms with van der Waals surface area (Å²) in [7, 11) is 0. The summed E-state index contributed by atoms with van der Waals surface area (Å²) in [6, 6.07) is 14.5. The first-order valence-corrected chi connectivity index (χ1v) is 8.24. The molecular weight excluding hydrogens is 337 g/mol.